The molecule has 0 atom stereocenters. The number of benzene rings is 2. The zero-order chi connectivity index (χ0) is 18.9. The van der Waals surface area contributed by atoms with Gasteiger partial charge >= 0.3 is 5.97 Å². The van der Waals surface area contributed by atoms with E-state index in [1.807, 2.05) is 12.1 Å². The highest BCUT2D eigenvalue weighted by atomic mass is 16.5. The van der Waals surface area contributed by atoms with E-state index in [1.165, 1.54) is 6.92 Å². The molecular formula is C20H22N2O4. The maximum absolute atomic E-state index is 12.0. The summed E-state index contributed by atoms with van der Waals surface area (Å²) in [6, 6.07) is 13.7. The molecule has 0 saturated carbocycles. The summed E-state index contributed by atoms with van der Waals surface area (Å²) in [6.07, 6.45) is 0.286. The van der Waals surface area contributed by atoms with E-state index in [1.54, 1.807) is 43.3 Å². The molecule has 2 N–H and O–H groups in total. The van der Waals surface area contributed by atoms with Crippen LogP contribution < -0.4 is 10.6 Å². The highest BCUT2D eigenvalue weighted by Gasteiger charge is 2.07. The van der Waals surface area contributed by atoms with E-state index in [0.29, 0.717) is 30.0 Å². The smallest absolute Gasteiger partial charge is 0.338 e. The van der Waals surface area contributed by atoms with Crippen LogP contribution in [0.3, 0.4) is 0 Å². The van der Waals surface area contributed by atoms with Gasteiger partial charge in [-0.1, -0.05) is 0 Å². The third-order valence-corrected chi connectivity index (χ3v) is 3.65. The Morgan fingerprint density at radius 3 is 2.04 bits per heavy atom. The molecule has 0 fully saturated rings. The number of anilines is 2. The minimum absolute atomic E-state index is 0.0184. The van der Waals surface area contributed by atoms with Crippen molar-refractivity contribution in [3.63, 3.8) is 0 Å². The van der Waals surface area contributed by atoms with Crippen LogP contribution in [-0.2, 0) is 9.53 Å². The van der Waals surface area contributed by atoms with E-state index in [0.717, 1.165) is 5.69 Å². The fourth-order valence-corrected chi connectivity index (χ4v) is 2.27. The maximum atomic E-state index is 12.0. The van der Waals surface area contributed by atoms with E-state index in [4.69, 9.17) is 4.74 Å². The lowest BCUT2D eigenvalue weighted by Gasteiger charge is -2.08. The molecule has 6 nitrogen and oxygen atoms in total. The first-order chi connectivity index (χ1) is 12.5. The van der Waals surface area contributed by atoms with Crippen LogP contribution in [0, 0.1) is 0 Å². The lowest BCUT2D eigenvalue weighted by Crippen LogP contribution is -2.16. The van der Waals surface area contributed by atoms with Crippen LogP contribution in [0.25, 0.3) is 0 Å². The Morgan fingerprint density at radius 2 is 1.46 bits per heavy atom. The van der Waals surface area contributed by atoms with Crippen molar-refractivity contribution < 1.29 is 19.1 Å². The number of ketones is 1. The molecule has 0 aliphatic rings. The third-order valence-electron chi connectivity index (χ3n) is 3.65. The molecule has 6 heteroatoms. The van der Waals surface area contributed by atoms with Crippen LogP contribution in [0.2, 0.25) is 0 Å². The van der Waals surface area contributed by atoms with Crippen molar-refractivity contribution in [2.45, 2.75) is 20.3 Å². The summed E-state index contributed by atoms with van der Waals surface area (Å²) in [5.74, 6) is -0.503. The highest BCUT2D eigenvalue weighted by Crippen LogP contribution is 2.12. The molecule has 1 amide bonds. The second-order valence-electron chi connectivity index (χ2n) is 5.66. The van der Waals surface area contributed by atoms with Crippen molar-refractivity contribution in [2.24, 2.45) is 0 Å². The van der Waals surface area contributed by atoms with E-state index >= 15 is 0 Å². The first kappa shape index (κ1) is 19.2. The molecular weight excluding hydrogens is 332 g/mol. The normalized spacial score (nSPS) is 10.1. The predicted molar refractivity (Wildman–Crippen MR) is 101 cm³/mol. The van der Waals surface area contributed by atoms with Crippen LogP contribution in [0.5, 0.6) is 0 Å². The number of carbonyl (C=O) groups is 3. The molecule has 0 spiro atoms. The standard InChI is InChI=1S/C20H22N2O4/c1-3-26-20(25)16-6-10-18(11-7-16)22-19(24)12-13-21-17-8-4-15(5-9-17)14(2)23/h4-11,21H,3,12-13H2,1-2H3,(H,22,24). The fourth-order valence-electron chi connectivity index (χ4n) is 2.27. The molecule has 0 radical (unpaired) electrons. The van der Waals surface area contributed by atoms with Gasteiger partial charge in [-0.2, -0.15) is 0 Å². The quantitative estimate of drug-likeness (QED) is 0.560. The number of amides is 1. The van der Waals surface area contributed by atoms with E-state index < -0.39 is 0 Å². The van der Waals surface area contributed by atoms with Gasteiger partial charge in [0.1, 0.15) is 0 Å². The molecule has 26 heavy (non-hydrogen) atoms. The van der Waals surface area contributed by atoms with Gasteiger partial charge < -0.3 is 15.4 Å². The average Bonchev–Trinajstić information content (AvgIpc) is 2.63. The van der Waals surface area contributed by atoms with Crippen LogP contribution in [0.15, 0.2) is 48.5 Å². The molecule has 0 aliphatic heterocycles. The molecule has 0 aromatic heterocycles. The van der Waals surface area contributed by atoms with Crippen molar-refractivity contribution in [1.82, 2.24) is 0 Å². The number of ether oxygens (including phenoxy) is 1. The van der Waals surface area contributed by atoms with Gasteiger partial charge in [0.2, 0.25) is 5.91 Å². The molecule has 0 aliphatic carbocycles. The Kier molecular flexibility index (Phi) is 6.91. The van der Waals surface area contributed by atoms with Gasteiger partial charge in [-0.3, -0.25) is 9.59 Å². The summed E-state index contributed by atoms with van der Waals surface area (Å²) in [5, 5.41) is 5.91. The summed E-state index contributed by atoms with van der Waals surface area (Å²) < 4.78 is 4.91. The largest absolute Gasteiger partial charge is 0.462 e. The predicted octanol–water partition coefficient (Wildman–Crippen LogP) is 3.51. The molecule has 0 bridgehead atoms. The minimum atomic E-state index is -0.384. The van der Waals surface area contributed by atoms with Crippen molar-refractivity contribution in [1.29, 1.82) is 0 Å². The van der Waals surface area contributed by atoms with Gasteiger partial charge in [-0.25, -0.2) is 4.79 Å². The first-order valence-electron chi connectivity index (χ1n) is 8.41. The lowest BCUT2D eigenvalue weighted by molar-refractivity contribution is -0.115. The minimum Gasteiger partial charge on any atom is -0.462 e. The average molecular weight is 354 g/mol. The Balaban J connectivity index is 1.78. The van der Waals surface area contributed by atoms with E-state index in [2.05, 4.69) is 10.6 Å². The summed E-state index contributed by atoms with van der Waals surface area (Å²) in [5.41, 5.74) is 2.57. The number of nitrogens with one attached hydrogen (secondary N) is 2. The number of carbonyl (C=O) groups excluding carboxylic acids is 3. The Morgan fingerprint density at radius 1 is 0.885 bits per heavy atom. The molecule has 136 valence electrons. The van der Waals surface area contributed by atoms with Gasteiger partial charge in [-0.15, -0.1) is 0 Å². The van der Waals surface area contributed by atoms with Gasteiger partial charge in [-0.05, 0) is 62.4 Å². The maximum Gasteiger partial charge on any atom is 0.338 e. The van der Waals surface area contributed by atoms with Crippen LogP contribution in [0.4, 0.5) is 11.4 Å². The number of hydrogen-bond donors (Lipinski definition) is 2. The van der Waals surface area contributed by atoms with Crippen LogP contribution in [0.1, 0.15) is 41.0 Å². The molecule has 2 rings (SSSR count). The lowest BCUT2D eigenvalue weighted by atomic mass is 10.1. The number of hydrogen-bond acceptors (Lipinski definition) is 5. The third kappa shape index (κ3) is 5.73. The van der Waals surface area contributed by atoms with Crippen molar-refractivity contribution >= 4 is 29.0 Å². The Bertz CT molecular complexity index is 767. The summed E-state index contributed by atoms with van der Waals surface area (Å²) in [4.78, 5) is 34.8. The Hall–Kier alpha value is -3.15. The molecule has 2 aromatic carbocycles. The van der Waals surface area contributed by atoms with Crippen molar-refractivity contribution in [3.05, 3.63) is 59.7 Å². The summed E-state index contributed by atoms with van der Waals surface area (Å²) >= 11 is 0. The highest BCUT2D eigenvalue weighted by molar-refractivity contribution is 5.94. The summed E-state index contributed by atoms with van der Waals surface area (Å²) in [6.45, 7) is 4.05. The second-order valence-corrected chi connectivity index (χ2v) is 5.66. The van der Waals surface area contributed by atoms with Crippen LogP contribution in [-0.4, -0.2) is 30.8 Å². The second kappa shape index (κ2) is 9.36. The molecule has 0 unspecified atom stereocenters. The van der Waals surface area contributed by atoms with Crippen LogP contribution >= 0.6 is 0 Å². The van der Waals surface area contributed by atoms with E-state index in [-0.39, 0.29) is 24.1 Å². The zero-order valence-electron chi connectivity index (χ0n) is 14.9. The van der Waals surface area contributed by atoms with Crippen molar-refractivity contribution in [2.75, 3.05) is 23.8 Å². The topological polar surface area (TPSA) is 84.5 Å². The van der Waals surface area contributed by atoms with Gasteiger partial charge in [0.05, 0.1) is 12.2 Å². The monoisotopic (exact) mass is 354 g/mol. The van der Waals surface area contributed by atoms with Crippen molar-refractivity contribution in [3.8, 4) is 0 Å². The molecule has 2 aromatic rings. The zero-order valence-corrected chi connectivity index (χ0v) is 14.9. The SMILES string of the molecule is CCOC(=O)c1ccc(NC(=O)CCNc2ccc(C(C)=O)cc2)cc1. The fraction of sp³-hybridized carbons (Fsp3) is 0.250. The number of Topliss-reactive ketones (excluding diaryl/α,β-unsaturated/α-hetero) is 1. The van der Waals surface area contributed by atoms with Gasteiger partial charge in [0, 0.05) is 29.9 Å². The van der Waals surface area contributed by atoms with Gasteiger partial charge in [0.25, 0.3) is 0 Å². The summed E-state index contributed by atoms with van der Waals surface area (Å²) in [7, 11) is 0. The number of esters is 1. The molecule has 0 heterocycles. The van der Waals surface area contributed by atoms with Gasteiger partial charge in [0.15, 0.2) is 5.78 Å². The molecule has 0 saturated heterocycles. The Labute approximate surface area is 152 Å². The number of rotatable bonds is 8. The first-order valence-corrected chi connectivity index (χ1v) is 8.41. The van der Waals surface area contributed by atoms with E-state index in [9.17, 15) is 14.4 Å².